The molecule has 0 spiro atoms. The lowest BCUT2D eigenvalue weighted by molar-refractivity contribution is -0.558. The average Bonchev–Trinajstić information content (AvgIpc) is 2.37. The van der Waals surface area contributed by atoms with Crippen LogP contribution in [0.25, 0.3) is 10.9 Å². The van der Waals surface area contributed by atoms with Crippen LogP contribution < -0.4 is 9.30 Å². The van der Waals surface area contributed by atoms with Crippen LogP contribution in [0.5, 0.6) is 5.75 Å². The molecule has 0 bridgehead atoms. The quantitative estimate of drug-likeness (QED) is 0.745. The Balaban J connectivity index is 2.54. The molecule has 0 saturated heterocycles. The van der Waals surface area contributed by atoms with Gasteiger partial charge in [-0.25, -0.2) is 0 Å². The first-order chi connectivity index (χ1) is 8.26. The van der Waals surface area contributed by atoms with E-state index in [1.54, 1.807) is 26.3 Å². The van der Waals surface area contributed by atoms with Crippen LogP contribution in [0, 0.1) is 0 Å². The van der Waals surface area contributed by atoms with Crippen molar-refractivity contribution in [1.82, 2.24) is 0 Å². The molecule has 2 aromatic rings. The summed E-state index contributed by atoms with van der Waals surface area (Å²) < 4.78 is 11.6. The lowest BCUT2D eigenvalue weighted by Crippen LogP contribution is -2.43. The Kier molecular flexibility index (Phi) is 3.23. The van der Waals surface area contributed by atoms with Gasteiger partial charge in [-0.1, -0.05) is 4.57 Å². The number of hydrogen-bond donors (Lipinski definition) is 0. The number of benzene rings is 1. The maximum atomic E-state index is 11.7. The van der Waals surface area contributed by atoms with Gasteiger partial charge in [0.05, 0.1) is 19.1 Å². The molecule has 0 amide bonds. The van der Waals surface area contributed by atoms with Crippen LogP contribution in [0.2, 0.25) is 0 Å². The number of carbonyl (C=O) groups is 1. The zero-order valence-corrected chi connectivity index (χ0v) is 9.84. The third-order valence-electron chi connectivity index (χ3n) is 2.47. The lowest BCUT2D eigenvalue weighted by Gasteiger charge is -2.02. The summed E-state index contributed by atoms with van der Waals surface area (Å²) in [5, 5.41) is 0.930. The van der Waals surface area contributed by atoms with Crippen molar-refractivity contribution in [1.29, 1.82) is 0 Å². The molecule has 0 aliphatic rings. The average molecular weight is 232 g/mol. The fourth-order valence-corrected chi connectivity index (χ4v) is 1.68. The number of carbonyl (C=O) groups excluding carboxylic acids is 1. The summed E-state index contributed by atoms with van der Waals surface area (Å²) >= 11 is 0. The van der Waals surface area contributed by atoms with Crippen molar-refractivity contribution in [2.24, 2.45) is 0 Å². The standard InChI is InChI=1S/C13H14NO3/c1-3-17-13(15)14-8-4-5-10-9-11(16-2)6-7-12(10)14/h4-9H,3H2,1-2H3/q+1. The highest BCUT2D eigenvalue weighted by Gasteiger charge is 2.19. The summed E-state index contributed by atoms with van der Waals surface area (Å²) in [6, 6.07) is 9.26. The van der Waals surface area contributed by atoms with E-state index in [0.717, 1.165) is 16.7 Å². The van der Waals surface area contributed by atoms with Gasteiger partial charge in [-0.15, -0.1) is 0 Å². The SMILES string of the molecule is CCOC(=O)[n+]1cccc2cc(OC)ccc21. The molecule has 17 heavy (non-hydrogen) atoms. The van der Waals surface area contributed by atoms with Crippen molar-refractivity contribution in [2.45, 2.75) is 6.92 Å². The molecule has 1 heterocycles. The van der Waals surface area contributed by atoms with Crippen molar-refractivity contribution in [3.8, 4) is 5.75 Å². The minimum absolute atomic E-state index is 0.359. The van der Waals surface area contributed by atoms with Gasteiger partial charge in [-0.05, 0) is 25.1 Å². The van der Waals surface area contributed by atoms with Crippen LogP contribution >= 0.6 is 0 Å². The van der Waals surface area contributed by atoms with E-state index in [2.05, 4.69) is 0 Å². The van der Waals surface area contributed by atoms with Gasteiger partial charge in [0.25, 0.3) is 0 Å². The molecule has 0 aliphatic heterocycles. The Morgan fingerprint density at radius 2 is 2.18 bits per heavy atom. The summed E-state index contributed by atoms with van der Waals surface area (Å²) in [5.41, 5.74) is 0.798. The molecular formula is C13H14NO3+. The first kappa shape index (κ1) is 11.4. The summed E-state index contributed by atoms with van der Waals surface area (Å²) in [4.78, 5) is 11.7. The van der Waals surface area contributed by atoms with E-state index in [4.69, 9.17) is 9.47 Å². The second-order valence-electron chi connectivity index (χ2n) is 3.50. The number of rotatable bonds is 2. The zero-order valence-electron chi connectivity index (χ0n) is 9.84. The second-order valence-corrected chi connectivity index (χ2v) is 3.50. The third kappa shape index (κ3) is 2.20. The van der Waals surface area contributed by atoms with Crippen LogP contribution in [0.3, 0.4) is 0 Å². The van der Waals surface area contributed by atoms with Crippen molar-refractivity contribution in [3.05, 3.63) is 36.5 Å². The third-order valence-corrected chi connectivity index (χ3v) is 2.47. The van der Waals surface area contributed by atoms with Crippen LogP contribution in [0.4, 0.5) is 4.79 Å². The molecule has 0 radical (unpaired) electrons. The summed E-state index contributed by atoms with van der Waals surface area (Å²) in [6.45, 7) is 2.14. The smallest absolute Gasteiger partial charge is 0.497 e. The number of fused-ring (bicyclic) bond motifs is 1. The van der Waals surface area contributed by atoms with E-state index in [0.29, 0.717) is 6.61 Å². The van der Waals surface area contributed by atoms with Crippen molar-refractivity contribution >= 4 is 17.0 Å². The van der Waals surface area contributed by atoms with Gasteiger partial charge in [-0.3, -0.25) is 0 Å². The molecule has 0 saturated carbocycles. The number of methoxy groups -OCH3 is 1. The summed E-state index contributed by atoms with van der Waals surface area (Å²) in [5.74, 6) is 0.763. The zero-order chi connectivity index (χ0) is 12.3. The molecule has 4 heteroatoms. The van der Waals surface area contributed by atoms with E-state index in [9.17, 15) is 4.79 Å². The molecule has 0 fully saturated rings. The number of ether oxygens (including phenoxy) is 2. The maximum Gasteiger partial charge on any atom is 0.602 e. The predicted molar refractivity (Wildman–Crippen MR) is 63.1 cm³/mol. The molecule has 2 rings (SSSR count). The molecule has 0 aliphatic carbocycles. The Morgan fingerprint density at radius 3 is 2.88 bits per heavy atom. The minimum atomic E-state index is -0.372. The van der Waals surface area contributed by atoms with E-state index >= 15 is 0 Å². The minimum Gasteiger partial charge on any atom is -0.497 e. The van der Waals surface area contributed by atoms with Crippen molar-refractivity contribution < 1.29 is 18.8 Å². The fourth-order valence-electron chi connectivity index (χ4n) is 1.68. The normalized spacial score (nSPS) is 10.2. The number of nitrogens with zero attached hydrogens (tertiary/aromatic N) is 1. The Morgan fingerprint density at radius 1 is 1.35 bits per heavy atom. The van der Waals surface area contributed by atoms with E-state index in [1.165, 1.54) is 4.57 Å². The summed E-state index contributed by atoms with van der Waals surface area (Å²) in [7, 11) is 1.61. The molecule has 88 valence electrons. The highest BCUT2D eigenvalue weighted by atomic mass is 16.5. The second kappa shape index (κ2) is 4.82. The lowest BCUT2D eigenvalue weighted by atomic mass is 10.2. The van der Waals surface area contributed by atoms with Crippen molar-refractivity contribution in [2.75, 3.05) is 13.7 Å². The Hall–Kier alpha value is -2.10. The largest absolute Gasteiger partial charge is 0.602 e. The number of pyridine rings is 1. The van der Waals surface area contributed by atoms with Gasteiger partial charge >= 0.3 is 6.09 Å². The molecule has 1 aromatic heterocycles. The van der Waals surface area contributed by atoms with Gasteiger partial charge in [0.1, 0.15) is 5.75 Å². The maximum absolute atomic E-state index is 11.7. The highest BCUT2D eigenvalue weighted by Crippen LogP contribution is 2.17. The Bertz CT molecular complexity index is 551. The monoisotopic (exact) mass is 232 g/mol. The molecule has 0 N–H and O–H groups in total. The van der Waals surface area contributed by atoms with E-state index in [1.807, 2.05) is 24.3 Å². The first-order valence-electron chi connectivity index (χ1n) is 5.42. The topological polar surface area (TPSA) is 39.4 Å². The molecule has 0 unspecified atom stereocenters. The summed E-state index contributed by atoms with van der Waals surface area (Å²) in [6.07, 6.45) is 1.32. The Labute approximate surface area is 99.4 Å². The van der Waals surface area contributed by atoms with Gasteiger partial charge < -0.3 is 9.47 Å². The number of hydrogen-bond acceptors (Lipinski definition) is 3. The van der Waals surface area contributed by atoms with Crippen LogP contribution in [-0.2, 0) is 4.74 Å². The van der Waals surface area contributed by atoms with Gasteiger partial charge in [0, 0.05) is 12.1 Å². The van der Waals surface area contributed by atoms with E-state index in [-0.39, 0.29) is 6.09 Å². The van der Waals surface area contributed by atoms with Crippen LogP contribution in [0.1, 0.15) is 6.92 Å². The highest BCUT2D eigenvalue weighted by molar-refractivity contribution is 5.79. The number of aromatic nitrogens is 1. The van der Waals surface area contributed by atoms with Gasteiger partial charge in [0.2, 0.25) is 5.52 Å². The molecule has 0 atom stereocenters. The predicted octanol–water partition coefficient (Wildman–Crippen LogP) is 2.14. The van der Waals surface area contributed by atoms with Crippen molar-refractivity contribution in [3.63, 3.8) is 0 Å². The van der Waals surface area contributed by atoms with Gasteiger partial charge in [0.15, 0.2) is 6.20 Å². The van der Waals surface area contributed by atoms with E-state index < -0.39 is 0 Å². The molecular weight excluding hydrogens is 218 g/mol. The van der Waals surface area contributed by atoms with Gasteiger partial charge in [-0.2, -0.15) is 4.79 Å². The fraction of sp³-hybridized carbons (Fsp3) is 0.231. The molecule has 4 nitrogen and oxygen atoms in total. The van der Waals surface area contributed by atoms with Crippen LogP contribution in [-0.4, -0.2) is 19.8 Å². The first-order valence-corrected chi connectivity index (χ1v) is 5.42. The van der Waals surface area contributed by atoms with Crippen LogP contribution in [0.15, 0.2) is 36.5 Å². The molecule has 1 aromatic carbocycles.